The van der Waals surface area contributed by atoms with E-state index in [0.717, 1.165) is 13.0 Å². The summed E-state index contributed by atoms with van der Waals surface area (Å²) in [4.78, 5) is 0. The van der Waals surface area contributed by atoms with Crippen molar-refractivity contribution in [2.45, 2.75) is 53.1 Å². The van der Waals surface area contributed by atoms with E-state index in [-0.39, 0.29) is 12.1 Å². The minimum absolute atomic E-state index is 0.0717. The maximum absolute atomic E-state index is 5.65. The summed E-state index contributed by atoms with van der Waals surface area (Å²) in [7, 11) is 0. The number of nitrogens with one attached hydrogen (secondary N) is 2. The van der Waals surface area contributed by atoms with Crippen molar-refractivity contribution in [3.05, 3.63) is 5.89 Å². The van der Waals surface area contributed by atoms with E-state index in [0.29, 0.717) is 31.0 Å². The van der Waals surface area contributed by atoms with Crippen LogP contribution in [0.25, 0.3) is 0 Å². The number of hydrogen-bond acceptors (Lipinski definition) is 6. The smallest absolute Gasteiger partial charge is 0.315 e. The van der Waals surface area contributed by atoms with E-state index < -0.39 is 0 Å². The monoisotopic (exact) mass is 284 g/mol. The van der Waals surface area contributed by atoms with Gasteiger partial charge in [0.25, 0.3) is 0 Å². The first kappa shape index (κ1) is 16.9. The Hall–Kier alpha value is -1.14. The number of anilines is 1. The van der Waals surface area contributed by atoms with E-state index >= 15 is 0 Å². The van der Waals surface area contributed by atoms with Crippen LogP contribution in [-0.2, 0) is 4.74 Å². The Kier molecular flexibility index (Phi) is 7.54. The predicted octanol–water partition coefficient (Wildman–Crippen LogP) is 2.60. The van der Waals surface area contributed by atoms with Gasteiger partial charge in [-0.15, -0.1) is 5.10 Å². The van der Waals surface area contributed by atoms with E-state index in [1.165, 1.54) is 0 Å². The summed E-state index contributed by atoms with van der Waals surface area (Å²) >= 11 is 0. The van der Waals surface area contributed by atoms with Crippen LogP contribution in [0.5, 0.6) is 0 Å². The first-order valence-electron chi connectivity index (χ1n) is 7.49. The van der Waals surface area contributed by atoms with Gasteiger partial charge in [0.1, 0.15) is 0 Å². The molecule has 6 heteroatoms. The van der Waals surface area contributed by atoms with E-state index in [4.69, 9.17) is 9.15 Å². The van der Waals surface area contributed by atoms with Crippen LogP contribution in [0, 0.1) is 5.92 Å². The molecule has 0 spiro atoms. The number of aromatic nitrogens is 2. The minimum Gasteiger partial charge on any atom is -0.406 e. The fourth-order valence-electron chi connectivity index (χ4n) is 1.72. The predicted molar refractivity (Wildman–Crippen MR) is 79.7 cm³/mol. The van der Waals surface area contributed by atoms with Crippen LogP contribution in [0.1, 0.15) is 53.0 Å². The molecule has 0 aliphatic heterocycles. The van der Waals surface area contributed by atoms with Gasteiger partial charge in [-0.3, -0.25) is 0 Å². The van der Waals surface area contributed by atoms with Crippen molar-refractivity contribution in [1.29, 1.82) is 0 Å². The van der Waals surface area contributed by atoms with Crippen molar-refractivity contribution in [1.82, 2.24) is 15.5 Å². The molecular weight excluding hydrogens is 256 g/mol. The first-order valence-corrected chi connectivity index (χ1v) is 7.49. The van der Waals surface area contributed by atoms with Crippen molar-refractivity contribution in [3.8, 4) is 0 Å². The molecule has 2 atom stereocenters. The second-order valence-electron chi connectivity index (χ2n) is 5.28. The second-order valence-corrected chi connectivity index (χ2v) is 5.28. The third-order valence-corrected chi connectivity index (χ3v) is 3.13. The molecular formula is C14H28N4O2. The molecule has 0 aliphatic carbocycles. The van der Waals surface area contributed by atoms with Gasteiger partial charge in [-0.2, -0.15) is 0 Å². The molecule has 0 aliphatic rings. The van der Waals surface area contributed by atoms with Gasteiger partial charge in [0.2, 0.25) is 5.89 Å². The van der Waals surface area contributed by atoms with Crippen molar-refractivity contribution < 1.29 is 9.15 Å². The van der Waals surface area contributed by atoms with Gasteiger partial charge >= 0.3 is 6.01 Å². The Morgan fingerprint density at radius 2 is 1.95 bits per heavy atom. The lowest BCUT2D eigenvalue weighted by molar-refractivity contribution is 0.126. The Morgan fingerprint density at radius 1 is 1.20 bits per heavy atom. The molecule has 20 heavy (non-hydrogen) atoms. The third kappa shape index (κ3) is 5.46. The lowest BCUT2D eigenvalue weighted by Gasteiger charge is -2.20. The highest BCUT2D eigenvalue weighted by Crippen LogP contribution is 2.16. The zero-order valence-corrected chi connectivity index (χ0v) is 13.3. The fourth-order valence-corrected chi connectivity index (χ4v) is 1.72. The summed E-state index contributed by atoms with van der Waals surface area (Å²) in [5.41, 5.74) is 0. The molecule has 0 bridgehead atoms. The molecule has 0 fully saturated rings. The molecule has 0 saturated heterocycles. The molecule has 1 aromatic heterocycles. The maximum atomic E-state index is 5.65. The molecule has 0 aromatic carbocycles. The summed E-state index contributed by atoms with van der Waals surface area (Å²) in [6, 6.07) is 0.702. The quantitative estimate of drug-likeness (QED) is 0.688. The summed E-state index contributed by atoms with van der Waals surface area (Å²) in [6.45, 7) is 12.7. The fraction of sp³-hybridized carbons (Fsp3) is 0.857. The van der Waals surface area contributed by atoms with Gasteiger partial charge in [0.15, 0.2) is 0 Å². The second kappa shape index (κ2) is 8.92. The molecule has 0 radical (unpaired) electrons. The van der Waals surface area contributed by atoms with Gasteiger partial charge in [0.05, 0.1) is 18.7 Å². The molecule has 0 amide bonds. The molecule has 6 nitrogen and oxygen atoms in total. The summed E-state index contributed by atoms with van der Waals surface area (Å²) in [5.74, 6) is 1.03. The maximum Gasteiger partial charge on any atom is 0.315 e. The molecule has 1 aromatic rings. The lowest BCUT2D eigenvalue weighted by Crippen LogP contribution is -2.31. The number of ether oxygens (including phenoxy) is 1. The van der Waals surface area contributed by atoms with Gasteiger partial charge in [-0.1, -0.05) is 25.9 Å². The topological polar surface area (TPSA) is 72.2 Å². The zero-order valence-electron chi connectivity index (χ0n) is 13.3. The van der Waals surface area contributed by atoms with Gasteiger partial charge in [-0.05, 0) is 32.7 Å². The van der Waals surface area contributed by atoms with E-state index in [1.807, 2.05) is 13.8 Å². The zero-order chi connectivity index (χ0) is 15.0. The van der Waals surface area contributed by atoms with Crippen LogP contribution >= 0.6 is 0 Å². The SMILES string of the molecule is CCCNC(C)c1nnc(NC(COCC)C(C)C)o1. The Labute approximate surface area is 121 Å². The Morgan fingerprint density at radius 3 is 2.55 bits per heavy atom. The molecule has 1 rings (SSSR count). The van der Waals surface area contributed by atoms with E-state index in [1.54, 1.807) is 0 Å². The highest BCUT2D eigenvalue weighted by atomic mass is 16.5. The lowest BCUT2D eigenvalue weighted by atomic mass is 10.1. The van der Waals surface area contributed by atoms with Crippen LogP contribution in [0.15, 0.2) is 4.42 Å². The van der Waals surface area contributed by atoms with Crippen molar-refractivity contribution in [2.24, 2.45) is 5.92 Å². The average Bonchev–Trinajstić information content (AvgIpc) is 2.89. The van der Waals surface area contributed by atoms with Crippen LogP contribution in [0.2, 0.25) is 0 Å². The third-order valence-electron chi connectivity index (χ3n) is 3.13. The number of nitrogens with zero attached hydrogens (tertiary/aromatic N) is 2. The van der Waals surface area contributed by atoms with Crippen LogP contribution in [0.4, 0.5) is 6.01 Å². The summed E-state index contributed by atoms with van der Waals surface area (Å²) in [5, 5.41) is 14.7. The highest BCUT2D eigenvalue weighted by molar-refractivity contribution is 5.20. The van der Waals surface area contributed by atoms with Crippen molar-refractivity contribution in [2.75, 3.05) is 25.1 Å². The standard InChI is InChI=1S/C14H28N4O2/c1-6-8-15-11(5)13-17-18-14(20-13)16-12(10(3)4)9-19-7-2/h10-12,15H,6-9H2,1-5H3,(H,16,18). The Balaban J connectivity index is 2.56. The van der Waals surface area contributed by atoms with Gasteiger partial charge in [0, 0.05) is 6.61 Å². The van der Waals surface area contributed by atoms with Gasteiger partial charge < -0.3 is 19.8 Å². The first-order chi connectivity index (χ1) is 9.58. The normalized spacial score (nSPS) is 14.5. The highest BCUT2D eigenvalue weighted by Gasteiger charge is 2.18. The molecule has 2 N–H and O–H groups in total. The molecule has 1 heterocycles. The van der Waals surface area contributed by atoms with E-state index in [2.05, 4.69) is 41.6 Å². The number of rotatable bonds is 10. The van der Waals surface area contributed by atoms with Crippen LogP contribution in [0.3, 0.4) is 0 Å². The summed E-state index contributed by atoms with van der Waals surface area (Å²) < 4.78 is 11.1. The largest absolute Gasteiger partial charge is 0.406 e. The molecule has 0 saturated carbocycles. The van der Waals surface area contributed by atoms with Crippen LogP contribution < -0.4 is 10.6 Å². The van der Waals surface area contributed by atoms with Crippen molar-refractivity contribution >= 4 is 6.01 Å². The van der Waals surface area contributed by atoms with E-state index in [9.17, 15) is 0 Å². The summed E-state index contributed by atoms with van der Waals surface area (Å²) in [6.07, 6.45) is 1.08. The van der Waals surface area contributed by atoms with Crippen molar-refractivity contribution in [3.63, 3.8) is 0 Å². The number of hydrogen-bond donors (Lipinski definition) is 2. The Bertz CT molecular complexity index is 368. The molecule has 2 unspecified atom stereocenters. The van der Waals surface area contributed by atoms with Gasteiger partial charge in [-0.25, -0.2) is 0 Å². The average molecular weight is 284 g/mol. The molecule has 116 valence electrons. The minimum atomic E-state index is 0.0717. The van der Waals surface area contributed by atoms with Crippen LogP contribution in [-0.4, -0.2) is 36.0 Å².